The molecule has 1 fully saturated rings. The first-order valence-electron chi connectivity index (χ1n) is 7.32. The Balaban J connectivity index is 2.05. The zero-order chi connectivity index (χ0) is 15.9. The van der Waals surface area contributed by atoms with Gasteiger partial charge in [-0.3, -0.25) is 9.59 Å². The number of anilines is 1. The van der Waals surface area contributed by atoms with Crippen molar-refractivity contribution in [3.8, 4) is 6.07 Å². The van der Waals surface area contributed by atoms with Gasteiger partial charge in [-0.15, -0.1) is 9.24 Å². The van der Waals surface area contributed by atoms with E-state index in [0.717, 1.165) is 12.1 Å². The molecule has 1 aliphatic heterocycles. The fraction of sp³-hybridized carbons (Fsp3) is 0.353. The highest BCUT2D eigenvalue weighted by Crippen LogP contribution is 2.47. The molecular weight excluding hydrogens is 295 g/mol. The number of nitrogens with zero attached hydrogens (tertiary/aromatic N) is 2. The quantitative estimate of drug-likeness (QED) is 0.748. The van der Waals surface area contributed by atoms with Gasteiger partial charge in [0.2, 0.25) is 5.91 Å². The molecule has 5 heteroatoms. The number of hydrogen-bond donors (Lipinski definition) is 0. The fourth-order valence-electron chi connectivity index (χ4n) is 3.51. The van der Waals surface area contributed by atoms with E-state index >= 15 is 0 Å². The molecule has 2 aliphatic rings. The molecule has 0 spiro atoms. The lowest BCUT2D eigenvalue weighted by molar-refractivity contribution is -0.126. The normalized spacial score (nSPS) is 31.3. The zero-order valence-corrected chi connectivity index (χ0v) is 13.5. The predicted molar refractivity (Wildman–Crippen MR) is 87.2 cm³/mol. The summed E-state index contributed by atoms with van der Waals surface area (Å²) in [6.45, 7) is 2.42. The Morgan fingerprint density at radius 1 is 1.32 bits per heavy atom. The van der Waals surface area contributed by atoms with Crippen LogP contribution in [0.25, 0.3) is 0 Å². The van der Waals surface area contributed by atoms with Gasteiger partial charge in [0.25, 0.3) is 0 Å². The molecule has 1 unspecified atom stereocenters. The van der Waals surface area contributed by atoms with Gasteiger partial charge in [-0.05, 0) is 30.5 Å². The third-order valence-electron chi connectivity index (χ3n) is 4.75. The molecule has 112 valence electrons. The van der Waals surface area contributed by atoms with Crippen LogP contribution in [0.3, 0.4) is 0 Å². The van der Waals surface area contributed by atoms with Crippen molar-refractivity contribution in [3.05, 3.63) is 42.0 Å². The summed E-state index contributed by atoms with van der Waals surface area (Å²) in [4.78, 5) is 27.0. The van der Waals surface area contributed by atoms with Crippen LogP contribution in [0.4, 0.5) is 5.69 Å². The Morgan fingerprint density at radius 2 is 2.00 bits per heavy atom. The molecule has 0 radical (unpaired) electrons. The number of ketones is 1. The fourth-order valence-corrected chi connectivity index (χ4v) is 4.29. The average Bonchev–Trinajstić information content (AvgIpc) is 2.54. The van der Waals surface area contributed by atoms with Gasteiger partial charge in [0.05, 0.1) is 10.7 Å². The van der Waals surface area contributed by atoms with Crippen LogP contribution in [0.2, 0.25) is 0 Å². The minimum absolute atomic E-state index is 0.0629. The summed E-state index contributed by atoms with van der Waals surface area (Å²) in [5.41, 5.74) is 0.950. The number of nitriles is 1. The standard InChI is InChI=1S/C17H17N2O2P/c1-11-14-7-8-19(13-5-3-2-4-6-13)16(21)17(14,22)9-12(10-18)15(11)20/h2-6,9,11,14H,7-8,22H2,1H3/t11-,14-,17+/m1/s1. The molecule has 22 heavy (non-hydrogen) atoms. The summed E-state index contributed by atoms with van der Waals surface area (Å²) < 4.78 is 0. The van der Waals surface area contributed by atoms with Crippen molar-refractivity contribution >= 4 is 26.6 Å². The lowest BCUT2D eigenvalue weighted by Crippen LogP contribution is -2.58. The number of Topliss-reactive ketones (excluding diaryl/α,β-unsaturated/α-hetero) is 1. The number of carbonyl (C=O) groups is 2. The summed E-state index contributed by atoms with van der Waals surface area (Å²) in [7, 11) is 2.61. The number of fused-ring (bicyclic) bond motifs is 1. The Kier molecular flexibility index (Phi) is 3.62. The molecule has 0 saturated carbocycles. The van der Waals surface area contributed by atoms with E-state index in [2.05, 4.69) is 9.24 Å². The van der Waals surface area contributed by atoms with Crippen LogP contribution in [-0.4, -0.2) is 23.4 Å². The molecule has 1 saturated heterocycles. The first-order valence-corrected chi connectivity index (χ1v) is 7.90. The van der Waals surface area contributed by atoms with Crippen LogP contribution >= 0.6 is 9.24 Å². The highest BCUT2D eigenvalue weighted by molar-refractivity contribution is 7.21. The molecule has 4 nitrogen and oxygen atoms in total. The van der Waals surface area contributed by atoms with Gasteiger partial charge in [0.15, 0.2) is 5.78 Å². The summed E-state index contributed by atoms with van der Waals surface area (Å²) in [6, 6.07) is 11.4. The number of allylic oxidation sites excluding steroid dienone is 1. The van der Waals surface area contributed by atoms with E-state index in [1.165, 1.54) is 0 Å². The van der Waals surface area contributed by atoms with Gasteiger partial charge in [-0.25, -0.2) is 0 Å². The van der Waals surface area contributed by atoms with Gasteiger partial charge in [-0.2, -0.15) is 5.26 Å². The molecule has 3 rings (SSSR count). The smallest absolute Gasteiger partial charge is 0.241 e. The maximum Gasteiger partial charge on any atom is 0.241 e. The molecule has 0 aromatic heterocycles. The Hall–Kier alpha value is -1.98. The molecular formula is C17H17N2O2P. The van der Waals surface area contributed by atoms with Crippen LogP contribution in [-0.2, 0) is 9.59 Å². The van der Waals surface area contributed by atoms with Crippen molar-refractivity contribution in [2.24, 2.45) is 11.8 Å². The highest BCUT2D eigenvalue weighted by atomic mass is 31.0. The van der Waals surface area contributed by atoms with Crippen molar-refractivity contribution in [3.63, 3.8) is 0 Å². The number of para-hydroxylation sites is 1. The summed E-state index contributed by atoms with van der Waals surface area (Å²) >= 11 is 0. The molecule has 0 bridgehead atoms. The van der Waals surface area contributed by atoms with E-state index in [-0.39, 0.29) is 29.1 Å². The molecule has 1 aromatic rings. The number of carbonyl (C=O) groups excluding carboxylic acids is 2. The van der Waals surface area contributed by atoms with Crippen LogP contribution < -0.4 is 4.90 Å². The summed E-state index contributed by atoms with van der Waals surface area (Å²) in [5, 5.41) is 8.31. The number of hydrogen-bond acceptors (Lipinski definition) is 3. The van der Waals surface area contributed by atoms with E-state index in [9.17, 15) is 14.9 Å². The first kappa shape index (κ1) is 14.9. The second-order valence-electron chi connectivity index (χ2n) is 5.94. The third kappa shape index (κ3) is 2.09. The van der Waals surface area contributed by atoms with E-state index in [0.29, 0.717) is 6.54 Å². The second-order valence-corrected chi connectivity index (χ2v) is 6.90. The maximum absolute atomic E-state index is 13.0. The Morgan fingerprint density at radius 3 is 2.64 bits per heavy atom. The number of piperidine rings is 1. The number of benzene rings is 1. The molecule has 1 aromatic carbocycles. The Labute approximate surface area is 132 Å². The molecule has 4 atom stereocenters. The van der Waals surface area contributed by atoms with Crippen molar-refractivity contribution in [1.82, 2.24) is 0 Å². The van der Waals surface area contributed by atoms with Gasteiger partial charge in [-0.1, -0.05) is 25.1 Å². The van der Waals surface area contributed by atoms with Crippen LogP contribution in [0.5, 0.6) is 0 Å². The largest absolute Gasteiger partial charge is 0.311 e. The predicted octanol–water partition coefficient (Wildman–Crippen LogP) is 2.32. The average molecular weight is 312 g/mol. The summed E-state index contributed by atoms with van der Waals surface area (Å²) in [5.74, 6) is -0.591. The maximum atomic E-state index is 13.0. The lowest BCUT2D eigenvalue weighted by atomic mass is 9.68. The first-order chi connectivity index (χ1) is 10.5. The molecule has 1 heterocycles. The third-order valence-corrected chi connectivity index (χ3v) is 5.59. The summed E-state index contributed by atoms with van der Waals surface area (Å²) in [6.07, 6.45) is 2.30. The van der Waals surface area contributed by atoms with Crippen LogP contribution in [0.15, 0.2) is 42.0 Å². The van der Waals surface area contributed by atoms with E-state index in [1.54, 1.807) is 11.0 Å². The van der Waals surface area contributed by atoms with Crippen molar-refractivity contribution in [1.29, 1.82) is 5.26 Å². The van der Waals surface area contributed by atoms with Gasteiger partial charge in [0.1, 0.15) is 6.07 Å². The molecule has 1 aliphatic carbocycles. The highest BCUT2D eigenvalue weighted by Gasteiger charge is 2.53. The van der Waals surface area contributed by atoms with E-state index < -0.39 is 5.16 Å². The van der Waals surface area contributed by atoms with Gasteiger partial charge >= 0.3 is 0 Å². The minimum atomic E-state index is -0.869. The Bertz CT molecular complexity index is 707. The van der Waals surface area contributed by atoms with Crippen molar-refractivity contribution in [2.75, 3.05) is 11.4 Å². The van der Waals surface area contributed by atoms with Gasteiger partial charge < -0.3 is 4.90 Å². The monoisotopic (exact) mass is 312 g/mol. The van der Waals surface area contributed by atoms with Crippen LogP contribution in [0, 0.1) is 23.2 Å². The molecule has 1 amide bonds. The van der Waals surface area contributed by atoms with E-state index in [1.807, 2.05) is 43.3 Å². The number of rotatable bonds is 1. The van der Waals surface area contributed by atoms with E-state index in [4.69, 9.17) is 0 Å². The molecule has 0 N–H and O–H groups in total. The topological polar surface area (TPSA) is 61.2 Å². The van der Waals surface area contributed by atoms with Crippen LogP contribution in [0.1, 0.15) is 13.3 Å². The second kappa shape index (κ2) is 5.34. The number of amides is 1. The SMILES string of the molecule is C[C@H]1C(=O)C(C#N)=C[C@@]2(P)C(=O)N(c3ccccc3)CC[C@H]12. The lowest BCUT2D eigenvalue weighted by Gasteiger charge is -2.47. The minimum Gasteiger partial charge on any atom is -0.311 e. The van der Waals surface area contributed by atoms with Gasteiger partial charge in [0, 0.05) is 18.2 Å². The van der Waals surface area contributed by atoms with Crippen molar-refractivity contribution in [2.45, 2.75) is 18.5 Å². The van der Waals surface area contributed by atoms with Crippen molar-refractivity contribution < 1.29 is 9.59 Å². The zero-order valence-electron chi connectivity index (χ0n) is 12.3.